The first-order valence-electron chi connectivity index (χ1n) is 13.0. The van der Waals surface area contributed by atoms with E-state index in [-0.39, 0.29) is 25.2 Å². The molecule has 0 bridgehead atoms. The van der Waals surface area contributed by atoms with Crippen molar-refractivity contribution >= 4 is 39.3 Å². The molecule has 1 unspecified atom stereocenters. The number of benzene rings is 2. The number of halogens is 1. The molecule has 198 valence electrons. The van der Waals surface area contributed by atoms with Gasteiger partial charge in [-0.1, -0.05) is 67.8 Å². The number of thiazole rings is 1. The van der Waals surface area contributed by atoms with Crippen molar-refractivity contribution in [2.24, 2.45) is 0 Å². The number of rotatable bonds is 6. The van der Waals surface area contributed by atoms with Gasteiger partial charge in [0.2, 0.25) is 0 Å². The molecule has 2 heterocycles. The van der Waals surface area contributed by atoms with Gasteiger partial charge in [-0.25, -0.2) is 14.6 Å². The molecular formula is C29H29BrN2O5S. The van der Waals surface area contributed by atoms with E-state index in [1.165, 1.54) is 33.6 Å². The second-order valence-electron chi connectivity index (χ2n) is 10.5. The molecule has 3 aromatic rings. The number of amides is 1. The van der Waals surface area contributed by atoms with Crippen LogP contribution in [0.15, 0.2) is 58.5 Å². The minimum Gasteiger partial charge on any atom is -0.480 e. The van der Waals surface area contributed by atoms with Gasteiger partial charge in [0, 0.05) is 23.3 Å². The number of hydrogen-bond donors (Lipinski definition) is 1. The van der Waals surface area contributed by atoms with Gasteiger partial charge in [0.15, 0.2) is 0 Å². The lowest BCUT2D eigenvalue weighted by Crippen LogP contribution is -2.49. The smallest absolute Gasteiger partial charge is 0.410 e. The van der Waals surface area contributed by atoms with Gasteiger partial charge >= 0.3 is 12.1 Å². The fraction of sp³-hybridized carbons (Fsp3) is 0.414. The number of fused-ring (bicyclic) bond motifs is 3. The molecule has 7 nitrogen and oxygen atoms in total. The zero-order valence-electron chi connectivity index (χ0n) is 20.9. The number of carbonyl (C=O) groups is 2. The summed E-state index contributed by atoms with van der Waals surface area (Å²) in [4.78, 5) is 31.8. The highest BCUT2D eigenvalue weighted by Gasteiger charge is 2.58. The average molecular weight is 598 g/mol. The number of likely N-dealkylation sites (tertiary alicyclic amines) is 1. The molecule has 3 aliphatic rings. The molecule has 9 heteroatoms. The van der Waals surface area contributed by atoms with Crippen molar-refractivity contribution < 1.29 is 24.2 Å². The molecule has 1 aromatic heterocycles. The van der Waals surface area contributed by atoms with Gasteiger partial charge in [0.05, 0.1) is 6.54 Å². The van der Waals surface area contributed by atoms with E-state index in [2.05, 4.69) is 45.2 Å². The molecule has 2 aliphatic carbocycles. The van der Waals surface area contributed by atoms with Gasteiger partial charge in [0.25, 0.3) is 0 Å². The summed E-state index contributed by atoms with van der Waals surface area (Å²) in [6, 6.07) is 16.6. The summed E-state index contributed by atoms with van der Waals surface area (Å²) in [5.74, 6) is -1.07. The van der Waals surface area contributed by atoms with Crippen molar-refractivity contribution in [1.29, 1.82) is 0 Å². The van der Waals surface area contributed by atoms with Gasteiger partial charge in [-0.15, -0.1) is 11.3 Å². The predicted octanol–water partition coefficient (Wildman–Crippen LogP) is 6.56. The Bertz CT molecular complexity index is 1320. The fourth-order valence-electron chi connectivity index (χ4n) is 6.66. The van der Waals surface area contributed by atoms with Crippen LogP contribution in [0.5, 0.6) is 0 Å². The van der Waals surface area contributed by atoms with Crippen LogP contribution in [0.2, 0.25) is 0 Å². The molecule has 2 aromatic carbocycles. The Labute approximate surface area is 233 Å². The Hall–Kier alpha value is -2.75. The van der Waals surface area contributed by atoms with E-state index in [1.807, 2.05) is 34.5 Å². The maximum atomic E-state index is 13.9. The number of carbonyl (C=O) groups excluding carboxylic acids is 1. The monoisotopic (exact) mass is 596 g/mol. The van der Waals surface area contributed by atoms with E-state index in [4.69, 9.17) is 9.47 Å². The third-order valence-corrected chi connectivity index (χ3v) is 10.0. The van der Waals surface area contributed by atoms with E-state index in [1.54, 1.807) is 0 Å². The van der Waals surface area contributed by atoms with Crippen LogP contribution in [0.1, 0.15) is 60.6 Å². The van der Waals surface area contributed by atoms with E-state index >= 15 is 0 Å². The first-order valence-corrected chi connectivity index (χ1v) is 14.7. The van der Waals surface area contributed by atoms with E-state index < -0.39 is 23.7 Å². The SMILES string of the molecule is O=C(O)COC1(c2nc(Br)cs2)CN(C(=O)OCC2c3ccccc3-c3ccccc32)C2(CCCCC2)C1. The average Bonchev–Trinajstić information content (AvgIpc) is 3.60. The number of aromatic nitrogens is 1. The minimum atomic E-state index is -1.04. The largest absolute Gasteiger partial charge is 0.480 e. The molecule has 1 atom stereocenters. The van der Waals surface area contributed by atoms with Crippen molar-refractivity contribution in [2.45, 2.75) is 55.6 Å². The maximum absolute atomic E-state index is 13.9. The lowest BCUT2D eigenvalue weighted by Gasteiger charge is -2.40. The Morgan fingerprint density at radius 2 is 1.71 bits per heavy atom. The highest BCUT2D eigenvalue weighted by atomic mass is 79.9. The minimum absolute atomic E-state index is 0.0285. The molecular weight excluding hydrogens is 568 g/mol. The number of hydrogen-bond acceptors (Lipinski definition) is 6. The van der Waals surface area contributed by atoms with Crippen LogP contribution in [-0.2, 0) is 19.9 Å². The second-order valence-corrected chi connectivity index (χ2v) is 12.2. The van der Waals surface area contributed by atoms with Gasteiger partial charge in [0.1, 0.15) is 28.4 Å². The van der Waals surface area contributed by atoms with Crippen molar-refractivity contribution in [2.75, 3.05) is 19.8 Å². The van der Waals surface area contributed by atoms with Crippen LogP contribution in [0.25, 0.3) is 11.1 Å². The highest BCUT2D eigenvalue weighted by Crippen LogP contribution is 2.52. The summed E-state index contributed by atoms with van der Waals surface area (Å²) in [6.07, 6.45) is 4.94. The molecule has 6 rings (SSSR count). The fourth-order valence-corrected chi connectivity index (χ4v) is 8.06. The summed E-state index contributed by atoms with van der Waals surface area (Å²) < 4.78 is 12.9. The first-order chi connectivity index (χ1) is 18.4. The molecule has 1 saturated heterocycles. The predicted molar refractivity (Wildman–Crippen MR) is 147 cm³/mol. The quantitative estimate of drug-likeness (QED) is 0.346. The Kier molecular flexibility index (Phi) is 6.78. The number of aliphatic carboxylic acids is 1. The first kappa shape index (κ1) is 25.5. The molecule has 38 heavy (non-hydrogen) atoms. The van der Waals surface area contributed by atoms with Crippen LogP contribution in [0, 0.1) is 0 Å². The Morgan fingerprint density at radius 1 is 1.05 bits per heavy atom. The van der Waals surface area contributed by atoms with Crippen molar-refractivity contribution in [3.05, 3.63) is 74.6 Å². The van der Waals surface area contributed by atoms with Crippen molar-refractivity contribution in [3.8, 4) is 11.1 Å². The standard InChI is InChI=1S/C29H29BrN2O5S/c30-24-16-38-26(31-24)29(37-15-25(33)34)17-28(12-6-1-7-13-28)32(18-29)27(35)36-14-23-21-10-4-2-8-19(21)20-9-3-5-11-22(20)23/h2-5,8-11,16,23H,1,6-7,12-15,17-18H2,(H,33,34). The molecule has 2 fully saturated rings. The van der Waals surface area contributed by atoms with E-state index in [0.29, 0.717) is 16.0 Å². The van der Waals surface area contributed by atoms with Gasteiger partial charge in [-0.3, -0.25) is 4.90 Å². The molecule has 0 radical (unpaired) electrons. The normalized spacial score (nSPS) is 21.9. The van der Waals surface area contributed by atoms with E-state index in [9.17, 15) is 14.7 Å². The molecule has 1 amide bonds. The zero-order chi connectivity index (χ0) is 26.3. The molecule has 1 saturated carbocycles. The summed E-state index contributed by atoms with van der Waals surface area (Å²) in [5, 5.41) is 12.0. The molecule has 1 aliphatic heterocycles. The van der Waals surface area contributed by atoms with Crippen molar-refractivity contribution in [3.63, 3.8) is 0 Å². The Morgan fingerprint density at radius 3 is 2.32 bits per heavy atom. The van der Waals surface area contributed by atoms with Crippen LogP contribution < -0.4 is 0 Å². The summed E-state index contributed by atoms with van der Waals surface area (Å²) in [5.41, 5.74) is 3.27. The topological polar surface area (TPSA) is 89.0 Å². The van der Waals surface area contributed by atoms with E-state index in [0.717, 1.165) is 32.1 Å². The highest BCUT2D eigenvalue weighted by molar-refractivity contribution is 9.10. The third kappa shape index (κ3) is 4.44. The zero-order valence-corrected chi connectivity index (χ0v) is 23.3. The van der Waals surface area contributed by atoms with Crippen LogP contribution in [-0.4, -0.2) is 52.4 Å². The third-order valence-electron chi connectivity index (χ3n) is 8.28. The second kappa shape index (κ2) is 10.1. The summed E-state index contributed by atoms with van der Waals surface area (Å²) in [7, 11) is 0. The van der Waals surface area contributed by atoms with Gasteiger partial charge in [-0.2, -0.15) is 0 Å². The van der Waals surface area contributed by atoms with Crippen molar-refractivity contribution in [1.82, 2.24) is 9.88 Å². The Balaban J connectivity index is 1.29. The number of carboxylic acid groups (broad SMARTS) is 1. The number of ether oxygens (including phenoxy) is 2. The maximum Gasteiger partial charge on any atom is 0.410 e. The van der Waals surface area contributed by atoms with Gasteiger partial charge in [-0.05, 0) is 51.0 Å². The van der Waals surface area contributed by atoms with Crippen LogP contribution in [0.4, 0.5) is 4.79 Å². The number of carboxylic acids is 1. The van der Waals surface area contributed by atoms with Gasteiger partial charge < -0.3 is 14.6 Å². The number of nitrogens with zero attached hydrogens (tertiary/aromatic N) is 2. The lowest BCUT2D eigenvalue weighted by molar-refractivity contribution is -0.150. The van der Waals surface area contributed by atoms with Crippen LogP contribution >= 0.6 is 27.3 Å². The molecule has 1 N–H and O–H groups in total. The van der Waals surface area contributed by atoms with Crippen LogP contribution in [0.3, 0.4) is 0 Å². The molecule has 1 spiro atoms. The lowest BCUT2D eigenvalue weighted by atomic mass is 9.77. The summed E-state index contributed by atoms with van der Waals surface area (Å²) >= 11 is 4.85. The summed E-state index contributed by atoms with van der Waals surface area (Å²) in [6.45, 7) is 0.00788.